The van der Waals surface area contributed by atoms with Gasteiger partial charge in [-0.2, -0.15) is 0 Å². The molecule has 144 valence electrons. The van der Waals surface area contributed by atoms with Gasteiger partial charge >= 0.3 is 0 Å². The zero-order valence-corrected chi connectivity index (χ0v) is 15.8. The average Bonchev–Trinajstić information content (AvgIpc) is 2.72. The van der Waals surface area contributed by atoms with Crippen molar-refractivity contribution in [2.75, 3.05) is 0 Å². The van der Waals surface area contributed by atoms with Gasteiger partial charge in [-0.05, 0) is 17.7 Å². The number of carbonyl (C=O) groups is 1. The Morgan fingerprint density at radius 1 is 1.00 bits per heavy atom. The molecule has 7 heteroatoms. The summed E-state index contributed by atoms with van der Waals surface area (Å²) in [6.45, 7) is 0.216. The lowest BCUT2D eigenvalue weighted by molar-refractivity contribution is 0.103. The van der Waals surface area contributed by atoms with Crippen molar-refractivity contribution in [2.45, 2.75) is 6.54 Å². The van der Waals surface area contributed by atoms with E-state index in [1.54, 1.807) is 48.5 Å². The monoisotopic (exact) mass is 406 g/mol. The van der Waals surface area contributed by atoms with Crippen LogP contribution in [0.5, 0.6) is 5.75 Å². The summed E-state index contributed by atoms with van der Waals surface area (Å²) in [5.74, 6) is -1.28. The molecule has 1 N–H and O–H groups in total. The van der Waals surface area contributed by atoms with Crippen LogP contribution in [-0.2, 0) is 6.54 Å². The predicted octanol–water partition coefficient (Wildman–Crippen LogP) is 3.10. The molecule has 0 bridgehead atoms. The molecule has 0 unspecified atom stereocenters. The molecule has 0 fully saturated rings. The molecule has 0 amide bonds. The molecular formula is C22H15ClN2O4. The highest BCUT2D eigenvalue weighted by atomic mass is 35.5. The number of hydrogen-bond donors (Lipinski definition) is 1. The van der Waals surface area contributed by atoms with Crippen molar-refractivity contribution in [3.8, 4) is 5.75 Å². The summed E-state index contributed by atoms with van der Waals surface area (Å²) in [5, 5.41) is 11.0. The molecule has 0 atom stereocenters. The highest BCUT2D eigenvalue weighted by Crippen LogP contribution is 2.15. The van der Waals surface area contributed by atoms with E-state index in [1.165, 1.54) is 27.6 Å². The van der Waals surface area contributed by atoms with Crippen molar-refractivity contribution in [2.24, 2.45) is 0 Å². The predicted molar refractivity (Wildman–Crippen MR) is 110 cm³/mol. The van der Waals surface area contributed by atoms with E-state index in [9.17, 15) is 19.5 Å². The van der Waals surface area contributed by atoms with Crippen LogP contribution in [0, 0.1) is 0 Å². The van der Waals surface area contributed by atoms with E-state index >= 15 is 0 Å². The number of carbonyl (C=O) groups excluding carboxylic acids is 1. The van der Waals surface area contributed by atoms with Crippen molar-refractivity contribution in [1.82, 2.24) is 8.97 Å². The smallest absolute Gasteiger partial charge is 0.279 e. The second-order valence-corrected chi connectivity index (χ2v) is 6.97. The maximum absolute atomic E-state index is 12.9. The summed E-state index contributed by atoms with van der Waals surface area (Å²) >= 11 is 5.98. The SMILES string of the molecule is O=C(c1ccccc1)c1cn2ccn(Cc3cccc(Cl)c3)c(=O)c2c(O)c1=O. The molecule has 0 radical (unpaired) electrons. The maximum atomic E-state index is 12.9. The lowest BCUT2D eigenvalue weighted by atomic mass is 10.0. The van der Waals surface area contributed by atoms with Crippen LogP contribution in [0.3, 0.4) is 0 Å². The number of nitrogens with zero attached hydrogens (tertiary/aromatic N) is 2. The van der Waals surface area contributed by atoms with Gasteiger partial charge in [-0.25, -0.2) is 0 Å². The normalized spacial score (nSPS) is 10.9. The number of benzene rings is 2. The van der Waals surface area contributed by atoms with Gasteiger partial charge in [-0.15, -0.1) is 0 Å². The van der Waals surface area contributed by atoms with Crippen LogP contribution in [0.4, 0.5) is 0 Å². The molecule has 4 rings (SSSR count). The Hall–Kier alpha value is -3.64. The van der Waals surface area contributed by atoms with Gasteiger partial charge in [0.1, 0.15) is 0 Å². The topological polar surface area (TPSA) is 80.8 Å². The van der Waals surface area contributed by atoms with Crippen LogP contribution < -0.4 is 11.0 Å². The number of halogens is 1. The van der Waals surface area contributed by atoms with Gasteiger partial charge in [0.15, 0.2) is 17.0 Å². The van der Waals surface area contributed by atoms with Crippen LogP contribution in [0.25, 0.3) is 5.52 Å². The van der Waals surface area contributed by atoms with E-state index in [4.69, 9.17) is 11.6 Å². The van der Waals surface area contributed by atoms with E-state index in [2.05, 4.69) is 0 Å². The fraction of sp³-hybridized carbons (Fsp3) is 0.0455. The minimum atomic E-state index is -0.878. The number of pyridine rings is 1. The largest absolute Gasteiger partial charge is 0.503 e. The Morgan fingerprint density at radius 3 is 2.48 bits per heavy atom. The minimum absolute atomic E-state index is 0.191. The molecular weight excluding hydrogens is 392 g/mol. The van der Waals surface area contributed by atoms with Crippen molar-refractivity contribution in [3.63, 3.8) is 0 Å². The second kappa shape index (κ2) is 7.41. The van der Waals surface area contributed by atoms with Gasteiger partial charge < -0.3 is 14.1 Å². The molecule has 6 nitrogen and oxygen atoms in total. The van der Waals surface area contributed by atoms with Crippen LogP contribution in [-0.4, -0.2) is 19.9 Å². The summed E-state index contributed by atoms with van der Waals surface area (Å²) in [7, 11) is 0. The Balaban J connectivity index is 1.83. The summed E-state index contributed by atoms with van der Waals surface area (Å²) in [6.07, 6.45) is 4.32. The number of fused-ring (bicyclic) bond motifs is 1. The molecule has 0 saturated heterocycles. The quantitative estimate of drug-likeness (QED) is 0.528. The molecule has 4 aromatic rings. The molecule has 2 heterocycles. The van der Waals surface area contributed by atoms with Gasteiger partial charge in [0, 0.05) is 29.2 Å². The van der Waals surface area contributed by atoms with E-state index < -0.39 is 22.5 Å². The minimum Gasteiger partial charge on any atom is -0.503 e. The van der Waals surface area contributed by atoms with E-state index in [0.717, 1.165) is 5.56 Å². The summed E-state index contributed by atoms with van der Waals surface area (Å²) in [6, 6.07) is 15.3. The maximum Gasteiger partial charge on any atom is 0.279 e. The van der Waals surface area contributed by atoms with Crippen molar-refractivity contribution < 1.29 is 9.90 Å². The van der Waals surface area contributed by atoms with Crippen LogP contribution in [0.15, 0.2) is 82.8 Å². The van der Waals surface area contributed by atoms with Crippen molar-refractivity contribution >= 4 is 22.9 Å². The highest BCUT2D eigenvalue weighted by Gasteiger charge is 2.20. The first-order valence-corrected chi connectivity index (χ1v) is 9.15. The van der Waals surface area contributed by atoms with Gasteiger partial charge in [-0.1, -0.05) is 54.1 Å². The van der Waals surface area contributed by atoms with Gasteiger partial charge in [0.05, 0.1) is 12.1 Å². The Labute approximate surface area is 169 Å². The fourth-order valence-corrected chi connectivity index (χ4v) is 3.38. The second-order valence-electron chi connectivity index (χ2n) is 6.53. The van der Waals surface area contributed by atoms with E-state index in [1.807, 2.05) is 6.07 Å². The Bertz CT molecular complexity index is 1360. The molecule has 2 aromatic carbocycles. The van der Waals surface area contributed by atoms with E-state index in [-0.39, 0.29) is 17.6 Å². The molecule has 0 saturated carbocycles. The van der Waals surface area contributed by atoms with Gasteiger partial charge in [-0.3, -0.25) is 14.4 Å². The third-order valence-corrected chi connectivity index (χ3v) is 4.84. The van der Waals surface area contributed by atoms with E-state index in [0.29, 0.717) is 10.6 Å². The lowest BCUT2D eigenvalue weighted by Gasteiger charge is -2.11. The molecule has 0 aliphatic carbocycles. The standard InChI is InChI=1S/C22H15ClN2O4/c23-16-8-4-5-14(11-16)12-25-10-9-24-13-17(19(26)15-6-2-1-3-7-15)20(27)21(28)18(24)22(25)29/h1-11,13,28H,12H2. The number of aromatic hydroxyl groups is 1. The number of hydrogen-bond acceptors (Lipinski definition) is 4. The molecule has 0 aliphatic rings. The third-order valence-electron chi connectivity index (χ3n) is 4.60. The highest BCUT2D eigenvalue weighted by molar-refractivity contribution is 6.30. The third kappa shape index (κ3) is 3.46. The zero-order valence-electron chi connectivity index (χ0n) is 15.1. The van der Waals surface area contributed by atoms with Crippen LogP contribution in [0.2, 0.25) is 5.02 Å². The summed E-state index contributed by atoms with van der Waals surface area (Å²) < 4.78 is 2.66. The van der Waals surface area contributed by atoms with Crippen molar-refractivity contribution in [3.05, 3.63) is 115 Å². The first kappa shape index (κ1) is 18.7. The summed E-state index contributed by atoms with van der Waals surface area (Å²) in [5.41, 5.74) is -0.723. The van der Waals surface area contributed by atoms with Crippen LogP contribution >= 0.6 is 11.6 Å². The Kier molecular flexibility index (Phi) is 4.78. The first-order chi connectivity index (χ1) is 14.0. The number of ketones is 1. The molecule has 0 spiro atoms. The Morgan fingerprint density at radius 2 is 1.76 bits per heavy atom. The summed E-state index contributed by atoms with van der Waals surface area (Å²) in [4.78, 5) is 38.1. The van der Waals surface area contributed by atoms with Gasteiger partial charge in [0.25, 0.3) is 5.56 Å². The fourth-order valence-electron chi connectivity index (χ4n) is 3.17. The first-order valence-electron chi connectivity index (χ1n) is 8.77. The lowest BCUT2D eigenvalue weighted by Crippen LogP contribution is -2.26. The number of aromatic nitrogens is 2. The zero-order chi connectivity index (χ0) is 20.5. The van der Waals surface area contributed by atoms with Crippen LogP contribution in [0.1, 0.15) is 21.5 Å². The van der Waals surface area contributed by atoms with Gasteiger partial charge in [0.2, 0.25) is 5.43 Å². The molecule has 0 aliphatic heterocycles. The molecule has 2 aromatic heterocycles. The van der Waals surface area contributed by atoms with Crippen molar-refractivity contribution in [1.29, 1.82) is 0 Å². The molecule has 29 heavy (non-hydrogen) atoms. The number of rotatable bonds is 4. The average molecular weight is 407 g/mol.